The van der Waals surface area contributed by atoms with Gasteiger partial charge in [-0.25, -0.2) is 8.42 Å². The van der Waals surface area contributed by atoms with E-state index in [1.165, 1.54) is 35.2 Å². The predicted octanol–water partition coefficient (Wildman–Crippen LogP) is 6.59. The number of nitrogens with zero attached hydrogens (tertiary/aromatic N) is 2. The molecule has 2 amide bonds. The van der Waals surface area contributed by atoms with Crippen LogP contribution < -0.4 is 9.62 Å². The Morgan fingerprint density at radius 2 is 1.68 bits per heavy atom. The number of amides is 2. The van der Waals surface area contributed by atoms with E-state index < -0.39 is 28.5 Å². The van der Waals surface area contributed by atoms with Crippen molar-refractivity contribution >= 4 is 66.7 Å². The van der Waals surface area contributed by atoms with E-state index in [1.54, 1.807) is 19.1 Å². The summed E-state index contributed by atoms with van der Waals surface area (Å²) in [5.74, 6) is -0.926. The number of hydrogen-bond donors (Lipinski definition) is 1. The highest BCUT2D eigenvalue weighted by Crippen LogP contribution is 2.33. The molecular formula is C29H32BrCl2N3O4S. The van der Waals surface area contributed by atoms with Crippen LogP contribution in [0.2, 0.25) is 10.0 Å². The quantitative estimate of drug-likeness (QED) is 0.250. The Labute approximate surface area is 254 Å². The van der Waals surface area contributed by atoms with Gasteiger partial charge in [-0.2, -0.15) is 0 Å². The van der Waals surface area contributed by atoms with Gasteiger partial charge < -0.3 is 10.2 Å². The van der Waals surface area contributed by atoms with Gasteiger partial charge in [0.05, 0.1) is 15.6 Å². The van der Waals surface area contributed by atoms with Crippen LogP contribution in [0.5, 0.6) is 0 Å². The molecule has 0 spiro atoms. The topological polar surface area (TPSA) is 86.8 Å². The first-order chi connectivity index (χ1) is 18.8. The summed E-state index contributed by atoms with van der Waals surface area (Å²) in [5, 5.41) is 3.27. The van der Waals surface area contributed by atoms with Crippen LogP contribution in [0.25, 0.3) is 0 Å². The molecule has 0 fully saturated rings. The van der Waals surface area contributed by atoms with Crippen molar-refractivity contribution in [3.63, 3.8) is 0 Å². The molecular weight excluding hydrogens is 637 g/mol. The molecule has 0 saturated carbocycles. The third kappa shape index (κ3) is 8.00. The summed E-state index contributed by atoms with van der Waals surface area (Å²) in [7, 11) is -4.25. The summed E-state index contributed by atoms with van der Waals surface area (Å²) >= 11 is 16.1. The molecule has 0 aliphatic rings. The standard InChI is InChI=1S/C29H32BrCl2N3O4S/c1-5-20(3)33-29(37)21(4)34(17-22-7-6-8-23(30)15-22)28(36)18-35(27-16-24(31)11-14-26(27)32)40(38,39)25-12-9-19(2)10-13-25/h6-16,20-21H,5,17-18H2,1-4H3,(H,33,37)/t20-,21+/m0/s1. The van der Waals surface area contributed by atoms with Crippen LogP contribution in [0.1, 0.15) is 38.3 Å². The lowest BCUT2D eigenvalue weighted by molar-refractivity contribution is -0.139. The van der Waals surface area contributed by atoms with Gasteiger partial charge in [0, 0.05) is 22.1 Å². The van der Waals surface area contributed by atoms with E-state index >= 15 is 0 Å². The van der Waals surface area contributed by atoms with Gasteiger partial charge in [0.15, 0.2) is 0 Å². The van der Waals surface area contributed by atoms with E-state index in [0.29, 0.717) is 6.42 Å². The molecule has 40 heavy (non-hydrogen) atoms. The number of sulfonamides is 1. The zero-order chi connectivity index (χ0) is 29.6. The predicted molar refractivity (Wildman–Crippen MR) is 164 cm³/mol. The first-order valence-electron chi connectivity index (χ1n) is 12.7. The fourth-order valence-electron chi connectivity index (χ4n) is 3.91. The Bertz CT molecular complexity index is 1470. The molecule has 0 aliphatic carbocycles. The van der Waals surface area contributed by atoms with Crippen LogP contribution in [-0.4, -0.2) is 43.8 Å². The second kappa shape index (κ2) is 13.9. The lowest BCUT2D eigenvalue weighted by Gasteiger charge is -2.32. The van der Waals surface area contributed by atoms with Gasteiger partial charge in [-0.05, 0) is 75.2 Å². The Morgan fingerprint density at radius 1 is 1.00 bits per heavy atom. The molecule has 3 rings (SSSR count). The van der Waals surface area contributed by atoms with E-state index in [0.717, 1.165) is 19.9 Å². The van der Waals surface area contributed by atoms with Crippen LogP contribution in [0.4, 0.5) is 5.69 Å². The van der Waals surface area contributed by atoms with Gasteiger partial charge in [-0.3, -0.25) is 13.9 Å². The second-order valence-corrected chi connectivity index (χ2v) is 13.2. The van der Waals surface area contributed by atoms with Gasteiger partial charge >= 0.3 is 0 Å². The van der Waals surface area contributed by atoms with Gasteiger partial charge in [0.2, 0.25) is 11.8 Å². The summed E-state index contributed by atoms with van der Waals surface area (Å²) < 4.78 is 29.6. The lowest BCUT2D eigenvalue weighted by Crippen LogP contribution is -2.52. The molecule has 3 aromatic carbocycles. The minimum absolute atomic E-state index is 0.0111. The van der Waals surface area contributed by atoms with Crippen LogP contribution in [-0.2, 0) is 26.2 Å². The molecule has 11 heteroatoms. The smallest absolute Gasteiger partial charge is 0.264 e. The molecule has 0 aliphatic heterocycles. The number of hydrogen-bond acceptors (Lipinski definition) is 4. The van der Waals surface area contributed by atoms with Crippen molar-refractivity contribution in [3.8, 4) is 0 Å². The average molecular weight is 669 g/mol. The van der Waals surface area contributed by atoms with E-state index in [4.69, 9.17) is 23.2 Å². The molecule has 3 aromatic rings. The maximum Gasteiger partial charge on any atom is 0.264 e. The molecule has 0 radical (unpaired) electrons. The fraction of sp³-hybridized carbons (Fsp3) is 0.310. The second-order valence-electron chi connectivity index (χ2n) is 9.57. The molecule has 0 saturated heterocycles. The van der Waals surface area contributed by atoms with E-state index in [9.17, 15) is 18.0 Å². The van der Waals surface area contributed by atoms with E-state index in [2.05, 4.69) is 21.2 Å². The van der Waals surface area contributed by atoms with Crippen molar-refractivity contribution in [2.75, 3.05) is 10.8 Å². The Kier molecular flexibility index (Phi) is 11.1. The average Bonchev–Trinajstić information content (AvgIpc) is 2.91. The molecule has 0 aromatic heterocycles. The SMILES string of the molecule is CC[C@H](C)NC(=O)[C@@H](C)N(Cc1cccc(Br)c1)C(=O)CN(c1cc(Cl)ccc1Cl)S(=O)(=O)c1ccc(C)cc1. The molecule has 0 bridgehead atoms. The Balaban J connectivity index is 2.07. The van der Waals surface area contributed by atoms with Crippen molar-refractivity contribution < 1.29 is 18.0 Å². The van der Waals surface area contributed by atoms with Crippen LogP contribution in [0, 0.1) is 6.92 Å². The maximum atomic E-state index is 14.0. The largest absolute Gasteiger partial charge is 0.352 e. The van der Waals surface area contributed by atoms with Crippen molar-refractivity contribution in [1.82, 2.24) is 10.2 Å². The number of aryl methyl sites for hydroxylation is 1. The monoisotopic (exact) mass is 667 g/mol. The third-order valence-electron chi connectivity index (χ3n) is 6.47. The number of rotatable bonds is 11. The summed E-state index contributed by atoms with van der Waals surface area (Å²) in [5.41, 5.74) is 1.70. The van der Waals surface area contributed by atoms with Crippen LogP contribution in [0.3, 0.4) is 0 Å². The molecule has 0 heterocycles. The number of halogens is 3. The lowest BCUT2D eigenvalue weighted by atomic mass is 10.1. The summed E-state index contributed by atoms with van der Waals surface area (Å²) in [6.45, 7) is 6.76. The van der Waals surface area contributed by atoms with Crippen LogP contribution >= 0.6 is 39.1 Å². The zero-order valence-electron chi connectivity index (χ0n) is 22.7. The van der Waals surface area contributed by atoms with Crippen LogP contribution in [0.15, 0.2) is 76.1 Å². The first-order valence-corrected chi connectivity index (χ1v) is 15.7. The molecule has 2 atom stereocenters. The molecule has 7 nitrogen and oxygen atoms in total. The Morgan fingerprint density at radius 3 is 2.30 bits per heavy atom. The summed E-state index contributed by atoms with van der Waals surface area (Å²) in [6, 6.07) is 17.1. The number of anilines is 1. The number of carbonyl (C=O) groups is 2. The van der Waals surface area contributed by atoms with Crippen molar-refractivity contribution in [1.29, 1.82) is 0 Å². The number of benzene rings is 3. The fourth-order valence-corrected chi connectivity index (χ4v) is 6.22. The number of nitrogens with one attached hydrogen (secondary N) is 1. The highest BCUT2D eigenvalue weighted by atomic mass is 79.9. The zero-order valence-corrected chi connectivity index (χ0v) is 26.6. The third-order valence-corrected chi connectivity index (χ3v) is 9.30. The highest BCUT2D eigenvalue weighted by Gasteiger charge is 2.33. The minimum Gasteiger partial charge on any atom is -0.352 e. The van der Waals surface area contributed by atoms with Crippen molar-refractivity contribution in [2.45, 2.75) is 57.6 Å². The minimum atomic E-state index is -4.25. The first kappa shape index (κ1) is 31.9. The van der Waals surface area contributed by atoms with Gasteiger partial charge in [0.1, 0.15) is 12.6 Å². The maximum absolute atomic E-state index is 14.0. The normalized spacial score (nSPS) is 12.9. The van der Waals surface area contributed by atoms with E-state index in [-0.39, 0.29) is 39.1 Å². The molecule has 214 valence electrons. The molecule has 0 unspecified atom stereocenters. The highest BCUT2D eigenvalue weighted by molar-refractivity contribution is 9.10. The van der Waals surface area contributed by atoms with Crippen molar-refractivity contribution in [2.24, 2.45) is 0 Å². The summed E-state index contributed by atoms with van der Waals surface area (Å²) in [6.07, 6.45) is 0.716. The Hall–Kier alpha value is -2.59. The van der Waals surface area contributed by atoms with Gasteiger partial charge in [-0.1, -0.05) is 75.9 Å². The van der Waals surface area contributed by atoms with Crippen molar-refractivity contribution in [3.05, 3.63) is 92.4 Å². The van der Waals surface area contributed by atoms with Gasteiger partial charge in [0.25, 0.3) is 10.0 Å². The summed E-state index contributed by atoms with van der Waals surface area (Å²) in [4.78, 5) is 28.5. The van der Waals surface area contributed by atoms with E-state index in [1.807, 2.05) is 45.0 Å². The van der Waals surface area contributed by atoms with Gasteiger partial charge in [-0.15, -0.1) is 0 Å². The molecule has 1 N–H and O–H groups in total. The number of carbonyl (C=O) groups excluding carboxylic acids is 2.